The van der Waals surface area contributed by atoms with Crippen LogP contribution in [0.25, 0.3) is 10.9 Å². The predicted molar refractivity (Wildman–Crippen MR) is 67.6 cm³/mol. The van der Waals surface area contributed by atoms with Gasteiger partial charge in [0.2, 0.25) is 0 Å². The fourth-order valence-corrected chi connectivity index (χ4v) is 3.16. The molecule has 4 nitrogen and oxygen atoms in total. The Labute approximate surface area is 105 Å². The largest absolute Gasteiger partial charge is 0.268 e. The SMILES string of the molecule is O=S(=O)(c1ccccc1)n1ccc2[c]cncc21. The number of aromatic nitrogens is 2. The number of fused-ring (bicyclic) bond motifs is 1. The molecule has 0 bridgehead atoms. The first-order valence-electron chi connectivity index (χ1n) is 5.33. The standard InChI is InChI=1S/C13H9N2O2S/c16-18(17,12-4-2-1-3-5-12)15-9-7-11-6-8-14-10-13(11)15/h1-5,7-10H. The van der Waals surface area contributed by atoms with E-state index in [2.05, 4.69) is 11.1 Å². The molecular weight excluding hydrogens is 248 g/mol. The van der Waals surface area contributed by atoms with E-state index in [4.69, 9.17) is 0 Å². The van der Waals surface area contributed by atoms with E-state index < -0.39 is 10.0 Å². The summed E-state index contributed by atoms with van der Waals surface area (Å²) >= 11 is 0. The third kappa shape index (κ3) is 1.60. The maximum atomic E-state index is 12.4. The van der Waals surface area contributed by atoms with Crippen LogP contribution in [-0.2, 0) is 10.0 Å². The van der Waals surface area contributed by atoms with Gasteiger partial charge in [-0.2, -0.15) is 0 Å². The van der Waals surface area contributed by atoms with E-state index in [9.17, 15) is 8.42 Å². The Morgan fingerprint density at radius 2 is 1.89 bits per heavy atom. The van der Waals surface area contributed by atoms with Gasteiger partial charge in [0.1, 0.15) is 0 Å². The first kappa shape index (κ1) is 11.0. The minimum Gasteiger partial charge on any atom is -0.262 e. The van der Waals surface area contributed by atoms with Gasteiger partial charge in [-0.15, -0.1) is 0 Å². The number of benzene rings is 1. The monoisotopic (exact) mass is 257 g/mol. The minimum atomic E-state index is -3.57. The van der Waals surface area contributed by atoms with Gasteiger partial charge in [0.25, 0.3) is 10.0 Å². The Balaban J connectivity index is 2.27. The van der Waals surface area contributed by atoms with Crippen molar-refractivity contribution in [3.8, 4) is 0 Å². The molecule has 5 heteroatoms. The zero-order valence-corrected chi connectivity index (χ0v) is 10.1. The Bertz CT molecular complexity index is 792. The van der Waals surface area contributed by atoms with Crippen molar-refractivity contribution in [1.82, 2.24) is 8.96 Å². The van der Waals surface area contributed by atoms with Gasteiger partial charge in [0, 0.05) is 23.8 Å². The van der Waals surface area contributed by atoms with E-state index in [0.717, 1.165) is 5.39 Å². The molecule has 1 radical (unpaired) electrons. The molecule has 89 valence electrons. The van der Waals surface area contributed by atoms with E-state index in [-0.39, 0.29) is 4.90 Å². The molecule has 0 saturated heterocycles. The maximum Gasteiger partial charge on any atom is 0.268 e. The van der Waals surface area contributed by atoms with Gasteiger partial charge in [0.15, 0.2) is 0 Å². The molecule has 0 aliphatic rings. The van der Waals surface area contributed by atoms with Crippen LogP contribution in [0.15, 0.2) is 59.9 Å². The van der Waals surface area contributed by atoms with E-state index in [1.807, 2.05) is 0 Å². The molecule has 2 aromatic heterocycles. The van der Waals surface area contributed by atoms with Crippen LogP contribution in [0.4, 0.5) is 0 Å². The first-order chi connectivity index (χ1) is 8.69. The van der Waals surface area contributed by atoms with Crippen molar-refractivity contribution in [3.05, 3.63) is 61.1 Å². The molecule has 0 saturated carbocycles. The van der Waals surface area contributed by atoms with Crippen LogP contribution in [0.5, 0.6) is 0 Å². The molecule has 2 heterocycles. The zero-order valence-electron chi connectivity index (χ0n) is 9.32. The van der Waals surface area contributed by atoms with Crippen LogP contribution in [-0.4, -0.2) is 17.4 Å². The van der Waals surface area contributed by atoms with Crippen LogP contribution in [0, 0.1) is 6.07 Å². The summed E-state index contributed by atoms with van der Waals surface area (Å²) in [6.45, 7) is 0. The minimum absolute atomic E-state index is 0.256. The molecule has 1 aromatic carbocycles. The van der Waals surface area contributed by atoms with Crippen LogP contribution >= 0.6 is 0 Å². The van der Waals surface area contributed by atoms with Crippen molar-refractivity contribution in [2.45, 2.75) is 4.90 Å². The lowest BCUT2D eigenvalue weighted by Gasteiger charge is -2.06. The van der Waals surface area contributed by atoms with E-state index in [1.165, 1.54) is 22.6 Å². The van der Waals surface area contributed by atoms with E-state index in [1.54, 1.807) is 36.4 Å². The normalized spacial score (nSPS) is 11.8. The summed E-state index contributed by atoms with van der Waals surface area (Å²) < 4.78 is 26.1. The van der Waals surface area contributed by atoms with Gasteiger partial charge < -0.3 is 0 Å². The molecule has 0 aliphatic carbocycles. The van der Waals surface area contributed by atoms with Crippen LogP contribution in [0.2, 0.25) is 0 Å². The summed E-state index contributed by atoms with van der Waals surface area (Å²) in [5.41, 5.74) is 0.529. The Morgan fingerprint density at radius 1 is 1.11 bits per heavy atom. The molecular formula is C13H9N2O2S. The van der Waals surface area contributed by atoms with Gasteiger partial charge in [0.05, 0.1) is 16.6 Å². The lowest BCUT2D eigenvalue weighted by Crippen LogP contribution is -2.11. The summed E-state index contributed by atoms with van der Waals surface area (Å²) in [6.07, 6.45) is 4.55. The number of hydrogen-bond acceptors (Lipinski definition) is 3. The molecule has 0 unspecified atom stereocenters. The highest BCUT2D eigenvalue weighted by Crippen LogP contribution is 2.20. The topological polar surface area (TPSA) is 52.0 Å². The van der Waals surface area contributed by atoms with Crippen molar-refractivity contribution in [3.63, 3.8) is 0 Å². The molecule has 0 aliphatic heterocycles. The Hall–Kier alpha value is -2.14. The fourth-order valence-electron chi connectivity index (χ4n) is 1.81. The molecule has 0 fully saturated rings. The molecule has 0 spiro atoms. The third-order valence-electron chi connectivity index (χ3n) is 2.68. The number of nitrogens with zero attached hydrogens (tertiary/aromatic N) is 2. The zero-order chi connectivity index (χ0) is 12.6. The van der Waals surface area contributed by atoms with Crippen LogP contribution < -0.4 is 0 Å². The molecule has 0 N–H and O–H groups in total. The van der Waals surface area contributed by atoms with Crippen molar-refractivity contribution in [1.29, 1.82) is 0 Å². The summed E-state index contributed by atoms with van der Waals surface area (Å²) in [4.78, 5) is 4.17. The average Bonchev–Trinajstić information content (AvgIpc) is 2.84. The molecule has 18 heavy (non-hydrogen) atoms. The predicted octanol–water partition coefficient (Wildman–Crippen LogP) is 2.07. The third-order valence-corrected chi connectivity index (χ3v) is 4.39. The van der Waals surface area contributed by atoms with Crippen molar-refractivity contribution < 1.29 is 8.42 Å². The smallest absolute Gasteiger partial charge is 0.262 e. The quantitative estimate of drug-likeness (QED) is 0.706. The van der Waals surface area contributed by atoms with Gasteiger partial charge in [-0.3, -0.25) is 4.98 Å². The van der Waals surface area contributed by atoms with Crippen molar-refractivity contribution in [2.75, 3.05) is 0 Å². The first-order valence-corrected chi connectivity index (χ1v) is 6.77. The molecule has 3 aromatic rings. The summed E-state index contributed by atoms with van der Waals surface area (Å²) in [7, 11) is -3.57. The summed E-state index contributed by atoms with van der Waals surface area (Å²) in [6, 6.07) is 12.9. The van der Waals surface area contributed by atoms with E-state index in [0.29, 0.717) is 5.52 Å². The summed E-state index contributed by atoms with van der Waals surface area (Å²) in [5, 5.41) is 0.726. The molecule has 0 amide bonds. The Kier molecular flexibility index (Phi) is 2.41. The summed E-state index contributed by atoms with van der Waals surface area (Å²) in [5.74, 6) is 0. The fraction of sp³-hybridized carbons (Fsp3) is 0. The lowest BCUT2D eigenvalue weighted by molar-refractivity contribution is 0.589. The van der Waals surface area contributed by atoms with Gasteiger partial charge in [-0.05, 0) is 18.2 Å². The van der Waals surface area contributed by atoms with Gasteiger partial charge >= 0.3 is 0 Å². The number of rotatable bonds is 2. The molecule has 3 rings (SSSR count). The average molecular weight is 257 g/mol. The highest BCUT2D eigenvalue weighted by molar-refractivity contribution is 7.90. The lowest BCUT2D eigenvalue weighted by atomic mass is 10.3. The highest BCUT2D eigenvalue weighted by atomic mass is 32.2. The highest BCUT2D eigenvalue weighted by Gasteiger charge is 2.18. The van der Waals surface area contributed by atoms with Crippen molar-refractivity contribution in [2.24, 2.45) is 0 Å². The van der Waals surface area contributed by atoms with Gasteiger partial charge in [-0.1, -0.05) is 18.2 Å². The maximum absolute atomic E-state index is 12.4. The second kappa shape index (κ2) is 3.96. The van der Waals surface area contributed by atoms with Crippen LogP contribution in [0.1, 0.15) is 0 Å². The number of pyridine rings is 1. The Morgan fingerprint density at radius 3 is 2.67 bits per heavy atom. The second-order valence-electron chi connectivity index (χ2n) is 3.78. The number of hydrogen-bond donors (Lipinski definition) is 0. The molecule has 0 atom stereocenters. The van der Waals surface area contributed by atoms with E-state index >= 15 is 0 Å². The van der Waals surface area contributed by atoms with Gasteiger partial charge in [-0.25, -0.2) is 12.4 Å². The van der Waals surface area contributed by atoms with Crippen LogP contribution in [0.3, 0.4) is 0 Å². The van der Waals surface area contributed by atoms with Crippen molar-refractivity contribution >= 4 is 20.9 Å². The second-order valence-corrected chi connectivity index (χ2v) is 5.60.